The van der Waals surface area contributed by atoms with E-state index in [4.69, 9.17) is 0 Å². The smallest absolute Gasteiger partial charge is 0.253 e. The third-order valence-corrected chi connectivity index (χ3v) is 9.40. The fraction of sp³-hybridized carbons (Fsp3) is 0.455. The number of para-hydroxylation sites is 1. The van der Waals surface area contributed by atoms with Crippen LogP contribution in [-0.2, 0) is 26.2 Å². The topological polar surface area (TPSA) is 124 Å². The average Bonchev–Trinajstić information content (AvgIpc) is 3.47. The van der Waals surface area contributed by atoms with Crippen LogP contribution in [0, 0.1) is 22.6 Å². The summed E-state index contributed by atoms with van der Waals surface area (Å²) in [5.41, 5.74) is 1.82. The Morgan fingerprint density at radius 2 is 1.98 bits per heavy atom. The number of aromatic nitrogens is 3. The highest BCUT2D eigenvalue weighted by atomic mass is 19.1. The molecule has 0 radical (unpaired) electrons. The van der Waals surface area contributed by atoms with Crippen molar-refractivity contribution >= 4 is 29.1 Å². The first-order chi connectivity index (χ1) is 21.0. The molecule has 1 saturated heterocycles. The average molecular weight is 596 g/mol. The number of fused-ring (bicyclic) bond motifs is 3. The molecule has 3 amide bonds. The van der Waals surface area contributed by atoms with E-state index in [0.29, 0.717) is 22.9 Å². The highest BCUT2D eigenvalue weighted by Gasteiger charge is 2.57. The van der Waals surface area contributed by atoms with E-state index in [1.54, 1.807) is 16.9 Å². The zero-order chi connectivity index (χ0) is 31.0. The van der Waals surface area contributed by atoms with E-state index in [2.05, 4.69) is 21.7 Å². The first-order valence-corrected chi connectivity index (χ1v) is 15.1. The summed E-state index contributed by atoms with van der Waals surface area (Å²) in [6.07, 6.45) is 4.54. The molecule has 1 aliphatic carbocycles. The lowest BCUT2D eigenvalue weighted by Gasteiger charge is -2.42. The molecule has 2 aromatic carbocycles. The van der Waals surface area contributed by atoms with Crippen LogP contribution >= 0.6 is 0 Å². The van der Waals surface area contributed by atoms with Gasteiger partial charge in [-0.25, -0.2) is 9.07 Å². The predicted octanol–water partition coefficient (Wildman–Crippen LogP) is 4.24. The lowest BCUT2D eigenvalue weighted by Crippen LogP contribution is -2.57. The molecule has 3 aromatic rings. The summed E-state index contributed by atoms with van der Waals surface area (Å²) < 4.78 is 16.3. The van der Waals surface area contributed by atoms with Gasteiger partial charge in [-0.15, -0.1) is 5.10 Å². The number of hydrogen-bond donors (Lipinski definition) is 1. The third kappa shape index (κ3) is 4.55. The molecule has 226 valence electrons. The van der Waals surface area contributed by atoms with Gasteiger partial charge in [0.1, 0.15) is 23.9 Å². The van der Waals surface area contributed by atoms with Crippen molar-refractivity contribution in [2.75, 3.05) is 16.8 Å². The number of likely N-dealkylation sites (tertiary alicyclic amines) is 1. The van der Waals surface area contributed by atoms with E-state index in [1.807, 2.05) is 45.0 Å². The summed E-state index contributed by atoms with van der Waals surface area (Å²) in [4.78, 5) is 45.5. The number of hydrogen-bond acceptors (Lipinski definition) is 6. The Morgan fingerprint density at radius 3 is 2.70 bits per heavy atom. The molecule has 1 spiro atoms. The minimum absolute atomic E-state index is 0.00282. The number of amides is 3. The molecule has 7 rings (SSSR count). The van der Waals surface area contributed by atoms with Crippen LogP contribution in [0.25, 0.3) is 0 Å². The molecular formula is C33H34FN7O3. The summed E-state index contributed by atoms with van der Waals surface area (Å²) >= 11 is 0. The Balaban J connectivity index is 1.30. The summed E-state index contributed by atoms with van der Waals surface area (Å²) in [6.45, 7) is 5.92. The molecule has 0 bridgehead atoms. The van der Waals surface area contributed by atoms with Crippen LogP contribution in [0.4, 0.5) is 15.8 Å². The van der Waals surface area contributed by atoms with E-state index in [0.717, 1.165) is 24.1 Å². The molecule has 44 heavy (non-hydrogen) atoms. The van der Waals surface area contributed by atoms with Gasteiger partial charge in [0.15, 0.2) is 0 Å². The van der Waals surface area contributed by atoms with Crippen molar-refractivity contribution in [2.24, 2.45) is 5.41 Å². The maximum atomic E-state index is 14.8. The zero-order valence-corrected chi connectivity index (χ0v) is 25.0. The lowest BCUT2D eigenvalue weighted by molar-refractivity contribution is -0.136. The number of halogens is 1. The Hall–Kier alpha value is -4.59. The second kappa shape index (κ2) is 9.97. The molecule has 1 saturated carbocycles. The Bertz CT molecular complexity index is 1740. The highest BCUT2D eigenvalue weighted by Crippen LogP contribution is 2.47. The van der Waals surface area contributed by atoms with Gasteiger partial charge in [0.2, 0.25) is 11.8 Å². The molecule has 11 heteroatoms. The van der Waals surface area contributed by atoms with Gasteiger partial charge in [-0.3, -0.25) is 19.3 Å². The number of carbonyl (C=O) groups excluding carboxylic acids is 3. The number of benzene rings is 2. The Morgan fingerprint density at radius 1 is 1.20 bits per heavy atom. The number of rotatable bonds is 5. The van der Waals surface area contributed by atoms with Gasteiger partial charge >= 0.3 is 0 Å². The number of nitrogens with one attached hydrogen (secondary N) is 1. The van der Waals surface area contributed by atoms with Crippen LogP contribution in [0.2, 0.25) is 0 Å². The van der Waals surface area contributed by atoms with Gasteiger partial charge in [0, 0.05) is 37.2 Å². The van der Waals surface area contributed by atoms with E-state index >= 15 is 0 Å². The highest BCUT2D eigenvalue weighted by molar-refractivity contribution is 6.08. The van der Waals surface area contributed by atoms with E-state index in [-0.39, 0.29) is 37.6 Å². The van der Waals surface area contributed by atoms with Crippen LogP contribution in [-0.4, -0.2) is 56.2 Å². The second-order valence-electron chi connectivity index (χ2n) is 13.8. The van der Waals surface area contributed by atoms with Crippen LogP contribution in [0.1, 0.15) is 75.2 Å². The fourth-order valence-corrected chi connectivity index (χ4v) is 7.09. The van der Waals surface area contributed by atoms with Crippen molar-refractivity contribution in [1.29, 1.82) is 5.26 Å². The minimum Gasteiger partial charge on any atom is -0.325 e. The van der Waals surface area contributed by atoms with Gasteiger partial charge < -0.3 is 10.2 Å². The largest absolute Gasteiger partial charge is 0.325 e. The van der Waals surface area contributed by atoms with Crippen molar-refractivity contribution in [1.82, 2.24) is 19.9 Å². The summed E-state index contributed by atoms with van der Waals surface area (Å²) in [5, 5.41) is 21.8. The fourth-order valence-electron chi connectivity index (χ4n) is 7.09. The maximum absolute atomic E-state index is 14.8. The monoisotopic (exact) mass is 595 g/mol. The van der Waals surface area contributed by atoms with Crippen molar-refractivity contribution in [2.45, 2.75) is 82.3 Å². The van der Waals surface area contributed by atoms with Crippen LogP contribution in [0.15, 0.2) is 48.7 Å². The SMILES string of the molecule is CC(C)(C)C[C@@H](C(=O)N1C[C@]2(C[C@H]1C#N)C(=O)Nc1ccccc12)N1C(=O)[C@@H](n2cc(C3CC3)nn2)Cc2ccc(F)cc21. The summed E-state index contributed by atoms with van der Waals surface area (Å²) in [5.74, 6) is -1.25. The molecule has 4 atom stereocenters. The van der Waals surface area contributed by atoms with Crippen LogP contribution in [0.3, 0.4) is 0 Å². The van der Waals surface area contributed by atoms with Crippen LogP contribution < -0.4 is 10.2 Å². The Kier molecular flexibility index (Phi) is 6.39. The van der Waals surface area contributed by atoms with Crippen molar-refractivity contribution in [3.63, 3.8) is 0 Å². The van der Waals surface area contributed by atoms with Gasteiger partial charge in [-0.05, 0) is 54.0 Å². The number of nitriles is 1. The summed E-state index contributed by atoms with van der Waals surface area (Å²) in [6, 6.07) is 11.2. The number of carbonyl (C=O) groups is 3. The van der Waals surface area contributed by atoms with Crippen LogP contribution in [0.5, 0.6) is 0 Å². The molecule has 3 aliphatic heterocycles. The first kappa shape index (κ1) is 28.2. The van der Waals surface area contributed by atoms with E-state index < -0.39 is 40.7 Å². The Labute approximate surface area is 254 Å². The van der Waals surface area contributed by atoms with E-state index in [9.17, 15) is 24.0 Å². The molecule has 2 fully saturated rings. The maximum Gasteiger partial charge on any atom is 0.253 e. The van der Waals surface area contributed by atoms with Gasteiger partial charge in [0.25, 0.3) is 5.91 Å². The quantitative estimate of drug-likeness (QED) is 0.471. The normalized spacial score (nSPS) is 25.1. The number of nitrogens with zero attached hydrogens (tertiary/aromatic N) is 6. The van der Waals surface area contributed by atoms with Crippen molar-refractivity contribution in [3.8, 4) is 6.07 Å². The molecule has 1 aromatic heterocycles. The first-order valence-electron chi connectivity index (χ1n) is 15.1. The third-order valence-electron chi connectivity index (χ3n) is 9.40. The molecule has 4 aliphatic rings. The zero-order valence-electron chi connectivity index (χ0n) is 25.0. The molecule has 0 unspecified atom stereocenters. The van der Waals surface area contributed by atoms with E-state index in [1.165, 1.54) is 21.9 Å². The second-order valence-corrected chi connectivity index (χ2v) is 13.8. The molecular weight excluding hydrogens is 561 g/mol. The standard InChI is InChI=1S/C33H34FN7O3/c1-32(2,3)15-28(29(42)39-18-33(14-22(39)16-35)23-6-4-5-7-24(23)36-31(33)44)41-26-13-21(34)11-10-20(26)12-27(30(41)43)40-17-25(37-38-40)19-8-9-19/h4-7,10-11,13,17,19,22,27-28H,8-9,12,14-15,18H2,1-3H3,(H,36,44)/t22-,27-,28-,33-/m0/s1. The van der Waals surface area contributed by atoms with Gasteiger partial charge in [0.05, 0.1) is 22.9 Å². The van der Waals surface area contributed by atoms with Crippen molar-refractivity contribution in [3.05, 3.63) is 71.3 Å². The predicted molar refractivity (Wildman–Crippen MR) is 159 cm³/mol. The lowest BCUT2D eigenvalue weighted by atomic mass is 9.80. The van der Waals surface area contributed by atoms with Gasteiger partial charge in [-0.2, -0.15) is 5.26 Å². The molecule has 10 nitrogen and oxygen atoms in total. The molecule has 4 heterocycles. The summed E-state index contributed by atoms with van der Waals surface area (Å²) in [7, 11) is 0. The number of anilines is 2. The van der Waals surface area contributed by atoms with Crippen molar-refractivity contribution < 1.29 is 18.8 Å². The minimum atomic E-state index is -1.07. The molecule has 1 N–H and O–H groups in total. The van der Waals surface area contributed by atoms with Gasteiger partial charge in [-0.1, -0.05) is 50.3 Å².